The molecule has 0 atom stereocenters. The van der Waals surface area contributed by atoms with Crippen LogP contribution in [0.5, 0.6) is 0 Å². The highest BCUT2D eigenvalue weighted by Crippen LogP contribution is 2.34. The Bertz CT molecular complexity index is 1210. The normalized spacial score (nSPS) is 13.3. The van der Waals surface area contributed by atoms with E-state index in [1.54, 1.807) is 18.4 Å². The molecule has 5 rings (SSSR count). The lowest BCUT2D eigenvalue weighted by molar-refractivity contribution is 0.559. The number of halogens is 3. The van der Waals surface area contributed by atoms with E-state index >= 15 is 0 Å². The zero-order valence-electron chi connectivity index (χ0n) is 13.3. The first kappa shape index (κ1) is 15.7. The fraction of sp³-hybridized carbons (Fsp3) is 0.0500. The minimum atomic E-state index is -0.338. The first-order valence-electron chi connectivity index (χ1n) is 8.00. The smallest absolute Gasteiger partial charge is 0.164 e. The van der Waals surface area contributed by atoms with Crippen LogP contribution >= 0.6 is 23.2 Å². The number of aliphatic imine (C=N–C) groups is 1. The van der Waals surface area contributed by atoms with Gasteiger partial charge < -0.3 is 8.98 Å². The Labute approximate surface area is 158 Å². The summed E-state index contributed by atoms with van der Waals surface area (Å²) in [6.07, 6.45) is 3.45. The van der Waals surface area contributed by atoms with Gasteiger partial charge in [-0.2, -0.15) is 0 Å². The van der Waals surface area contributed by atoms with Crippen LogP contribution in [0.15, 0.2) is 64.3 Å². The Balaban J connectivity index is 1.80. The van der Waals surface area contributed by atoms with Crippen molar-refractivity contribution < 1.29 is 8.81 Å². The highest BCUT2D eigenvalue weighted by atomic mass is 35.5. The molecule has 0 saturated carbocycles. The highest BCUT2D eigenvalue weighted by Gasteiger charge is 2.24. The Hall–Kier alpha value is -2.56. The number of nitrogens with zero attached hydrogens (tertiary/aromatic N) is 2. The average molecular weight is 385 g/mol. The summed E-state index contributed by atoms with van der Waals surface area (Å²) in [6.45, 7) is 0.346. The second-order valence-electron chi connectivity index (χ2n) is 6.08. The molecule has 0 N–H and O–H groups in total. The van der Waals surface area contributed by atoms with Crippen LogP contribution in [0.1, 0.15) is 17.0 Å². The number of rotatable bonds is 1. The van der Waals surface area contributed by atoms with Gasteiger partial charge in [-0.15, -0.1) is 0 Å². The van der Waals surface area contributed by atoms with Gasteiger partial charge in [0, 0.05) is 27.2 Å². The standard InChI is InChI=1S/C20H11Cl2FN2O/c21-12-7-14(22)13-9-24-19(16-5-2-6-25(16)17(13)8-12)20-18-11(10-26-20)3-1-4-15(18)23/h1-8,10H,9H2. The van der Waals surface area contributed by atoms with Gasteiger partial charge in [0.2, 0.25) is 0 Å². The van der Waals surface area contributed by atoms with Crippen LogP contribution in [0, 0.1) is 5.82 Å². The number of fused-ring (bicyclic) bond motifs is 4. The summed E-state index contributed by atoms with van der Waals surface area (Å²) >= 11 is 12.6. The summed E-state index contributed by atoms with van der Waals surface area (Å²) in [5, 5.41) is 2.22. The van der Waals surface area contributed by atoms with E-state index < -0.39 is 0 Å². The average Bonchev–Trinajstić information content (AvgIpc) is 3.22. The van der Waals surface area contributed by atoms with Gasteiger partial charge in [0.1, 0.15) is 11.5 Å². The molecule has 26 heavy (non-hydrogen) atoms. The van der Waals surface area contributed by atoms with Crippen molar-refractivity contribution in [3.63, 3.8) is 0 Å². The maximum absolute atomic E-state index is 14.5. The highest BCUT2D eigenvalue weighted by molar-refractivity contribution is 6.35. The molecule has 0 fully saturated rings. The van der Waals surface area contributed by atoms with Crippen molar-refractivity contribution >= 4 is 39.7 Å². The van der Waals surface area contributed by atoms with Gasteiger partial charge in [-0.3, -0.25) is 4.99 Å². The SMILES string of the molecule is Fc1cccc2coc(C3=NCc4c(Cl)cc(Cl)cc4-n4cccc43)c12. The first-order valence-corrected chi connectivity index (χ1v) is 8.75. The van der Waals surface area contributed by atoms with E-state index in [-0.39, 0.29) is 5.82 Å². The summed E-state index contributed by atoms with van der Waals surface area (Å²) in [5.41, 5.74) is 3.09. The zero-order valence-corrected chi connectivity index (χ0v) is 14.9. The van der Waals surface area contributed by atoms with Gasteiger partial charge in [-0.1, -0.05) is 35.3 Å². The summed E-state index contributed by atoms with van der Waals surface area (Å²) in [4.78, 5) is 4.71. The number of aromatic nitrogens is 1. The zero-order chi connectivity index (χ0) is 17.8. The van der Waals surface area contributed by atoms with E-state index in [1.165, 1.54) is 6.07 Å². The van der Waals surface area contributed by atoms with E-state index in [0.717, 1.165) is 16.9 Å². The topological polar surface area (TPSA) is 30.4 Å². The van der Waals surface area contributed by atoms with Gasteiger partial charge in [-0.25, -0.2) is 4.39 Å². The predicted octanol–water partition coefficient (Wildman–Crippen LogP) is 6.02. The van der Waals surface area contributed by atoms with Gasteiger partial charge in [0.05, 0.1) is 29.6 Å². The van der Waals surface area contributed by atoms with Crippen molar-refractivity contribution in [3.05, 3.63) is 87.8 Å². The second-order valence-corrected chi connectivity index (χ2v) is 6.93. The molecule has 3 nitrogen and oxygen atoms in total. The third kappa shape index (κ3) is 2.23. The molecular weight excluding hydrogens is 374 g/mol. The van der Waals surface area contributed by atoms with Gasteiger partial charge in [0.25, 0.3) is 0 Å². The van der Waals surface area contributed by atoms with Crippen molar-refractivity contribution in [2.45, 2.75) is 6.54 Å². The van der Waals surface area contributed by atoms with Crippen LogP contribution in [0.4, 0.5) is 4.39 Å². The molecular formula is C20H11Cl2FN2O. The molecule has 2 aromatic heterocycles. The van der Waals surface area contributed by atoms with Crippen LogP contribution in [0.3, 0.4) is 0 Å². The van der Waals surface area contributed by atoms with Crippen molar-refractivity contribution in [2.24, 2.45) is 4.99 Å². The van der Waals surface area contributed by atoms with Crippen molar-refractivity contribution in [3.8, 4) is 5.69 Å². The second kappa shape index (κ2) is 5.73. The quantitative estimate of drug-likeness (QED) is 0.394. The molecule has 3 heterocycles. The molecule has 0 unspecified atom stereocenters. The first-order chi connectivity index (χ1) is 12.6. The van der Waals surface area contributed by atoms with Crippen molar-refractivity contribution in [1.82, 2.24) is 4.57 Å². The van der Waals surface area contributed by atoms with E-state index in [9.17, 15) is 4.39 Å². The number of hydrogen-bond acceptors (Lipinski definition) is 2. The van der Waals surface area contributed by atoms with Gasteiger partial charge >= 0.3 is 0 Å². The Morgan fingerprint density at radius 1 is 1.12 bits per heavy atom. The lowest BCUT2D eigenvalue weighted by atomic mass is 10.1. The molecule has 0 spiro atoms. The Kier molecular flexibility index (Phi) is 3.45. The maximum atomic E-state index is 14.5. The molecule has 0 saturated heterocycles. The van der Waals surface area contributed by atoms with Crippen molar-refractivity contribution in [2.75, 3.05) is 0 Å². The van der Waals surface area contributed by atoms with Crippen LogP contribution in [0.2, 0.25) is 10.0 Å². The molecule has 0 aliphatic carbocycles. The van der Waals surface area contributed by atoms with E-state index in [1.807, 2.05) is 35.0 Å². The summed E-state index contributed by atoms with van der Waals surface area (Å²) in [7, 11) is 0. The van der Waals surface area contributed by atoms with Crippen LogP contribution in [-0.4, -0.2) is 10.3 Å². The fourth-order valence-electron chi connectivity index (χ4n) is 3.41. The predicted molar refractivity (Wildman–Crippen MR) is 101 cm³/mol. The van der Waals surface area contributed by atoms with Gasteiger partial charge in [-0.05, 0) is 30.3 Å². The van der Waals surface area contributed by atoms with Crippen molar-refractivity contribution in [1.29, 1.82) is 0 Å². The lowest BCUT2D eigenvalue weighted by Gasteiger charge is -2.12. The lowest BCUT2D eigenvalue weighted by Crippen LogP contribution is -2.08. The molecule has 0 amide bonds. The third-order valence-electron chi connectivity index (χ3n) is 4.57. The minimum absolute atomic E-state index is 0.338. The molecule has 6 heteroatoms. The van der Waals surface area contributed by atoms with Crippen LogP contribution in [-0.2, 0) is 6.54 Å². The summed E-state index contributed by atoms with van der Waals surface area (Å²) in [5.74, 6) is 0.0722. The van der Waals surface area contributed by atoms with Crippen LogP contribution < -0.4 is 0 Å². The largest absolute Gasteiger partial charge is 0.461 e. The van der Waals surface area contributed by atoms with E-state index in [2.05, 4.69) is 0 Å². The molecule has 4 aromatic rings. The molecule has 2 aromatic carbocycles. The minimum Gasteiger partial charge on any atom is -0.461 e. The maximum Gasteiger partial charge on any atom is 0.164 e. The van der Waals surface area contributed by atoms with E-state index in [4.69, 9.17) is 32.6 Å². The Morgan fingerprint density at radius 2 is 2.00 bits per heavy atom. The molecule has 1 aliphatic rings. The number of hydrogen-bond donors (Lipinski definition) is 0. The summed E-state index contributed by atoms with van der Waals surface area (Å²) < 4.78 is 22.1. The molecule has 1 aliphatic heterocycles. The fourth-order valence-corrected chi connectivity index (χ4v) is 3.95. The van der Waals surface area contributed by atoms with Gasteiger partial charge in [0.15, 0.2) is 5.76 Å². The third-order valence-corrected chi connectivity index (χ3v) is 5.13. The molecule has 0 radical (unpaired) electrons. The number of benzene rings is 2. The summed E-state index contributed by atoms with van der Waals surface area (Å²) in [6, 6.07) is 12.3. The van der Waals surface area contributed by atoms with Crippen LogP contribution in [0.25, 0.3) is 16.5 Å². The number of furan rings is 1. The molecule has 128 valence electrons. The monoisotopic (exact) mass is 384 g/mol. The van der Waals surface area contributed by atoms with E-state index in [0.29, 0.717) is 38.8 Å². The molecule has 0 bridgehead atoms. The Morgan fingerprint density at radius 3 is 2.88 bits per heavy atom.